The van der Waals surface area contributed by atoms with E-state index in [9.17, 15) is 0 Å². The Labute approximate surface area is 93.4 Å². The average Bonchev–Trinajstić information content (AvgIpc) is 2.10. The number of benzene rings is 1. The molecule has 14 heavy (non-hydrogen) atoms. The molecule has 0 aliphatic rings. The highest BCUT2D eigenvalue weighted by molar-refractivity contribution is 9.10. The topological polar surface area (TPSA) is 77.8 Å². The molecule has 4 nitrogen and oxygen atoms in total. The van der Waals surface area contributed by atoms with Gasteiger partial charge in [-0.1, -0.05) is 11.6 Å². The molecule has 1 heterocycles. The van der Waals surface area contributed by atoms with Crippen molar-refractivity contribution in [3.05, 3.63) is 21.6 Å². The zero-order valence-corrected chi connectivity index (χ0v) is 9.30. The lowest BCUT2D eigenvalue weighted by Gasteiger charge is -2.05. The molecule has 0 atom stereocenters. The van der Waals surface area contributed by atoms with Gasteiger partial charge < -0.3 is 11.5 Å². The van der Waals surface area contributed by atoms with E-state index in [1.807, 2.05) is 0 Å². The largest absolute Gasteiger partial charge is 0.383 e. The Morgan fingerprint density at radius 2 is 1.93 bits per heavy atom. The molecule has 0 saturated carbocycles. The lowest BCUT2D eigenvalue weighted by atomic mass is 10.2. The summed E-state index contributed by atoms with van der Waals surface area (Å²) in [7, 11) is 0. The monoisotopic (exact) mass is 272 g/mol. The minimum Gasteiger partial charge on any atom is -0.383 e. The number of nitrogens with zero attached hydrogens (tertiary/aromatic N) is 2. The summed E-state index contributed by atoms with van der Waals surface area (Å²) >= 11 is 9.33. The molecular weight excluding hydrogens is 267 g/mol. The molecule has 2 rings (SSSR count). The van der Waals surface area contributed by atoms with Gasteiger partial charge in [0.05, 0.1) is 15.9 Å². The van der Waals surface area contributed by atoms with Crippen LogP contribution in [0, 0.1) is 0 Å². The third-order valence-corrected chi connectivity index (χ3v) is 3.08. The maximum Gasteiger partial charge on any atom is 0.222 e. The van der Waals surface area contributed by atoms with E-state index in [4.69, 9.17) is 23.1 Å². The van der Waals surface area contributed by atoms with Crippen LogP contribution in [-0.2, 0) is 0 Å². The number of aromatic nitrogens is 2. The Balaban J connectivity index is 2.95. The van der Waals surface area contributed by atoms with Gasteiger partial charge in [0.25, 0.3) is 0 Å². The Hall–Kier alpha value is -1.07. The van der Waals surface area contributed by atoms with E-state index in [1.165, 1.54) is 0 Å². The van der Waals surface area contributed by atoms with Crippen LogP contribution in [0.2, 0.25) is 5.02 Å². The predicted molar refractivity (Wildman–Crippen MR) is 61.1 cm³/mol. The van der Waals surface area contributed by atoms with Crippen LogP contribution in [0.3, 0.4) is 0 Å². The van der Waals surface area contributed by atoms with Crippen LogP contribution in [0.15, 0.2) is 16.6 Å². The lowest BCUT2D eigenvalue weighted by molar-refractivity contribution is 1.24. The molecule has 0 unspecified atom stereocenters. The molecule has 4 N–H and O–H groups in total. The van der Waals surface area contributed by atoms with Crippen molar-refractivity contribution in [2.24, 2.45) is 0 Å². The maximum absolute atomic E-state index is 6.04. The first-order chi connectivity index (χ1) is 6.59. The summed E-state index contributed by atoms with van der Waals surface area (Å²) in [5, 5.41) is 1.12. The normalized spacial score (nSPS) is 10.7. The van der Waals surface area contributed by atoms with Crippen molar-refractivity contribution in [1.29, 1.82) is 0 Å². The second-order valence-corrected chi connectivity index (χ2v) is 3.95. The first-order valence-corrected chi connectivity index (χ1v) is 4.93. The smallest absolute Gasteiger partial charge is 0.222 e. The van der Waals surface area contributed by atoms with Crippen LogP contribution in [0.4, 0.5) is 11.8 Å². The zero-order chi connectivity index (χ0) is 10.3. The number of rotatable bonds is 0. The third-order valence-electron chi connectivity index (χ3n) is 1.80. The number of hydrogen-bond acceptors (Lipinski definition) is 4. The van der Waals surface area contributed by atoms with Crippen LogP contribution in [0.1, 0.15) is 0 Å². The Morgan fingerprint density at radius 1 is 1.21 bits per heavy atom. The Bertz CT molecular complexity index is 514. The van der Waals surface area contributed by atoms with Gasteiger partial charge in [0.15, 0.2) is 0 Å². The highest BCUT2D eigenvalue weighted by Crippen LogP contribution is 2.33. The molecule has 2 aromatic rings. The highest BCUT2D eigenvalue weighted by Gasteiger charge is 2.09. The summed E-state index contributed by atoms with van der Waals surface area (Å²) in [6.07, 6.45) is 0. The predicted octanol–water partition coefficient (Wildman–Crippen LogP) is 2.21. The zero-order valence-electron chi connectivity index (χ0n) is 6.96. The molecule has 0 radical (unpaired) electrons. The van der Waals surface area contributed by atoms with Gasteiger partial charge in [-0.2, -0.15) is 4.98 Å². The Morgan fingerprint density at radius 3 is 2.64 bits per heavy atom. The molecule has 0 aliphatic heterocycles. The molecule has 72 valence electrons. The molecule has 0 bridgehead atoms. The van der Waals surface area contributed by atoms with Crippen LogP contribution in [0.5, 0.6) is 0 Å². The summed E-state index contributed by atoms with van der Waals surface area (Å²) in [5.74, 6) is 0.437. The fourth-order valence-corrected chi connectivity index (χ4v) is 1.79. The molecule has 1 aromatic carbocycles. The van der Waals surface area contributed by atoms with E-state index < -0.39 is 0 Å². The van der Waals surface area contributed by atoms with E-state index in [2.05, 4.69) is 25.9 Å². The molecule has 0 fully saturated rings. The second-order valence-electron chi connectivity index (χ2n) is 2.72. The molecule has 0 amide bonds. The van der Waals surface area contributed by atoms with Gasteiger partial charge in [-0.3, -0.25) is 0 Å². The third kappa shape index (κ3) is 1.38. The minimum atomic E-state index is 0.147. The van der Waals surface area contributed by atoms with Gasteiger partial charge in [-0.05, 0) is 28.1 Å². The molecular formula is C8H6BrClN4. The summed E-state index contributed by atoms with van der Waals surface area (Å²) in [6.45, 7) is 0. The molecule has 0 saturated heterocycles. The quantitative estimate of drug-likeness (QED) is 0.771. The molecule has 6 heteroatoms. The van der Waals surface area contributed by atoms with Gasteiger partial charge in [0, 0.05) is 4.47 Å². The van der Waals surface area contributed by atoms with Crippen molar-refractivity contribution in [2.45, 2.75) is 0 Å². The Kier molecular flexibility index (Phi) is 2.20. The minimum absolute atomic E-state index is 0.147. The maximum atomic E-state index is 6.04. The number of hydrogen-bond donors (Lipinski definition) is 2. The number of halogens is 2. The van der Waals surface area contributed by atoms with Gasteiger partial charge in [0.1, 0.15) is 5.82 Å². The number of nitrogens with two attached hydrogens (primary N) is 2. The van der Waals surface area contributed by atoms with Crippen LogP contribution < -0.4 is 11.5 Å². The van der Waals surface area contributed by atoms with E-state index in [-0.39, 0.29) is 5.95 Å². The highest BCUT2D eigenvalue weighted by atomic mass is 79.9. The SMILES string of the molecule is Nc1nc(N)c2c(Cl)c(Br)ccc2n1. The standard InChI is InChI=1S/C8H6BrClN4/c9-3-1-2-4-5(6(3)10)7(11)14-8(12)13-4/h1-2H,(H4,11,12,13,14). The van der Waals surface area contributed by atoms with Crippen LogP contribution >= 0.6 is 27.5 Å². The fourth-order valence-electron chi connectivity index (χ4n) is 1.21. The van der Waals surface area contributed by atoms with Gasteiger partial charge in [-0.25, -0.2) is 4.98 Å². The first kappa shape index (κ1) is 9.48. The van der Waals surface area contributed by atoms with Gasteiger partial charge >= 0.3 is 0 Å². The molecule has 0 spiro atoms. The van der Waals surface area contributed by atoms with E-state index in [0.29, 0.717) is 21.7 Å². The summed E-state index contributed by atoms with van der Waals surface area (Å²) < 4.78 is 0.756. The van der Waals surface area contributed by atoms with Crippen LogP contribution in [-0.4, -0.2) is 9.97 Å². The van der Waals surface area contributed by atoms with E-state index >= 15 is 0 Å². The van der Waals surface area contributed by atoms with Crippen molar-refractivity contribution < 1.29 is 0 Å². The van der Waals surface area contributed by atoms with Crippen LogP contribution in [0.25, 0.3) is 10.9 Å². The number of nitrogen functional groups attached to an aromatic ring is 2. The number of anilines is 2. The summed E-state index contributed by atoms with van der Waals surface area (Å²) in [6, 6.07) is 3.57. The van der Waals surface area contributed by atoms with E-state index in [0.717, 1.165) is 4.47 Å². The first-order valence-electron chi connectivity index (χ1n) is 3.76. The van der Waals surface area contributed by atoms with Crippen molar-refractivity contribution in [2.75, 3.05) is 11.5 Å². The second kappa shape index (κ2) is 3.25. The van der Waals surface area contributed by atoms with Crippen molar-refractivity contribution in [1.82, 2.24) is 9.97 Å². The summed E-state index contributed by atoms with van der Waals surface area (Å²) in [4.78, 5) is 7.86. The fraction of sp³-hybridized carbons (Fsp3) is 0. The van der Waals surface area contributed by atoms with Gasteiger partial charge in [-0.15, -0.1) is 0 Å². The van der Waals surface area contributed by atoms with Gasteiger partial charge in [0.2, 0.25) is 5.95 Å². The molecule has 1 aromatic heterocycles. The number of fused-ring (bicyclic) bond motifs is 1. The lowest BCUT2D eigenvalue weighted by Crippen LogP contribution is -2.00. The van der Waals surface area contributed by atoms with E-state index in [1.54, 1.807) is 12.1 Å². The van der Waals surface area contributed by atoms with Crippen molar-refractivity contribution in [3.8, 4) is 0 Å². The van der Waals surface area contributed by atoms with Crippen molar-refractivity contribution >= 4 is 50.2 Å². The summed E-state index contributed by atoms with van der Waals surface area (Å²) in [5.41, 5.74) is 11.8. The molecule has 0 aliphatic carbocycles. The average molecular weight is 274 g/mol. The van der Waals surface area contributed by atoms with Crippen molar-refractivity contribution in [3.63, 3.8) is 0 Å².